The van der Waals surface area contributed by atoms with Crippen LogP contribution >= 0.6 is 0 Å². The van der Waals surface area contributed by atoms with Gasteiger partial charge in [-0.25, -0.2) is 0 Å². The van der Waals surface area contributed by atoms with Crippen LogP contribution in [0.1, 0.15) is 34.1 Å². The van der Waals surface area contributed by atoms with Gasteiger partial charge in [0.25, 0.3) is 0 Å². The molecule has 0 aromatic rings. The molecule has 0 heterocycles. The second-order valence-electron chi connectivity index (χ2n) is 3.12. The van der Waals surface area contributed by atoms with Gasteiger partial charge in [0.05, 0.1) is 6.42 Å². The van der Waals surface area contributed by atoms with Crippen molar-refractivity contribution >= 4 is 23.3 Å². The Morgan fingerprint density at radius 1 is 0.882 bits per heavy atom. The highest BCUT2D eigenvalue weighted by Crippen LogP contribution is 1.77. The van der Waals surface area contributed by atoms with Crippen LogP contribution in [0.15, 0.2) is 0 Å². The summed E-state index contributed by atoms with van der Waals surface area (Å²) in [6.45, 7) is 5.35. The summed E-state index contributed by atoms with van der Waals surface area (Å²) in [5.41, 5.74) is 0. The molecular formula is C12H16O5. The molecule has 0 saturated heterocycles. The standard InChI is InChI=1S/C8H10O3.C4H6O2/c1-7(9)5-3-4-6-11-8(2)10;1-3(5)4(2)6/h5-6H2,1-2H3;1-2H3. The maximum absolute atomic E-state index is 10.3. The van der Waals surface area contributed by atoms with E-state index >= 15 is 0 Å². The quantitative estimate of drug-likeness (QED) is 0.412. The molecule has 17 heavy (non-hydrogen) atoms. The van der Waals surface area contributed by atoms with E-state index in [0.29, 0.717) is 0 Å². The zero-order valence-electron chi connectivity index (χ0n) is 10.5. The Hall–Kier alpha value is -1.96. The van der Waals surface area contributed by atoms with Crippen LogP contribution in [-0.2, 0) is 23.9 Å². The van der Waals surface area contributed by atoms with Gasteiger partial charge >= 0.3 is 5.97 Å². The Morgan fingerprint density at radius 3 is 1.65 bits per heavy atom. The number of hydrogen-bond acceptors (Lipinski definition) is 5. The molecule has 0 spiro atoms. The van der Waals surface area contributed by atoms with Crippen LogP contribution < -0.4 is 0 Å². The summed E-state index contributed by atoms with van der Waals surface area (Å²) in [6.07, 6.45) is 0.223. The Bertz CT molecular complexity index is 345. The molecule has 0 aliphatic rings. The molecule has 0 N–H and O–H groups in total. The Balaban J connectivity index is 0. The van der Waals surface area contributed by atoms with Gasteiger partial charge < -0.3 is 4.74 Å². The van der Waals surface area contributed by atoms with Gasteiger partial charge in [-0.1, -0.05) is 11.8 Å². The molecular weight excluding hydrogens is 224 g/mol. The Morgan fingerprint density at radius 2 is 1.35 bits per heavy atom. The second-order valence-corrected chi connectivity index (χ2v) is 3.12. The molecule has 0 bridgehead atoms. The van der Waals surface area contributed by atoms with E-state index in [1.54, 1.807) is 0 Å². The number of ether oxygens (including phenoxy) is 1. The molecule has 0 saturated carbocycles. The summed E-state index contributed by atoms with van der Waals surface area (Å²) >= 11 is 0. The van der Waals surface area contributed by atoms with Crippen LogP contribution in [0, 0.1) is 11.8 Å². The van der Waals surface area contributed by atoms with Crippen molar-refractivity contribution in [2.24, 2.45) is 0 Å². The number of carbonyl (C=O) groups is 4. The van der Waals surface area contributed by atoms with Gasteiger partial charge in [0.2, 0.25) is 0 Å². The second kappa shape index (κ2) is 10.6. The van der Waals surface area contributed by atoms with Crippen LogP contribution in [-0.4, -0.2) is 29.9 Å². The SMILES string of the molecule is CC(=O)C(C)=O.CC(=O)CC#CCOC(C)=O. The number of rotatable bonds is 3. The highest BCUT2D eigenvalue weighted by molar-refractivity contribution is 6.35. The third-order valence-corrected chi connectivity index (χ3v) is 1.31. The van der Waals surface area contributed by atoms with E-state index in [1.807, 2.05) is 0 Å². The minimum Gasteiger partial charge on any atom is -0.453 e. The molecule has 0 unspecified atom stereocenters. The third kappa shape index (κ3) is 20.2. The molecule has 0 rings (SSSR count). The molecule has 0 atom stereocenters. The van der Waals surface area contributed by atoms with Crippen LogP contribution in [0.5, 0.6) is 0 Å². The normalized spacial score (nSPS) is 7.76. The molecule has 0 aromatic carbocycles. The van der Waals surface area contributed by atoms with Gasteiger partial charge in [-0.05, 0) is 6.92 Å². The fourth-order valence-corrected chi connectivity index (χ4v) is 0.376. The average Bonchev–Trinajstić information content (AvgIpc) is 2.17. The number of Topliss-reactive ketones (excluding diaryl/α,β-unsaturated/α-hetero) is 3. The lowest BCUT2D eigenvalue weighted by Gasteiger charge is -1.90. The van der Waals surface area contributed by atoms with E-state index < -0.39 is 0 Å². The van der Waals surface area contributed by atoms with Crippen molar-refractivity contribution in [3.63, 3.8) is 0 Å². The topological polar surface area (TPSA) is 77.5 Å². The predicted octanol–water partition coefficient (Wildman–Crippen LogP) is 0.696. The monoisotopic (exact) mass is 240 g/mol. The largest absolute Gasteiger partial charge is 0.453 e. The van der Waals surface area contributed by atoms with Gasteiger partial charge in [-0.2, -0.15) is 0 Å². The molecule has 0 aliphatic carbocycles. The summed E-state index contributed by atoms with van der Waals surface area (Å²) < 4.78 is 4.50. The fourth-order valence-electron chi connectivity index (χ4n) is 0.376. The van der Waals surface area contributed by atoms with E-state index in [9.17, 15) is 19.2 Å². The van der Waals surface area contributed by atoms with E-state index in [2.05, 4.69) is 16.6 Å². The summed E-state index contributed by atoms with van der Waals surface area (Å²) in [5, 5.41) is 0. The fraction of sp³-hybridized carbons (Fsp3) is 0.500. The molecule has 0 fully saturated rings. The van der Waals surface area contributed by atoms with Gasteiger partial charge in [-0.3, -0.25) is 19.2 Å². The van der Waals surface area contributed by atoms with Gasteiger partial charge in [0.15, 0.2) is 18.2 Å². The first-order chi connectivity index (χ1) is 7.77. The molecule has 0 aliphatic heterocycles. The zero-order valence-corrected chi connectivity index (χ0v) is 10.5. The first kappa shape index (κ1) is 17.4. The lowest BCUT2D eigenvalue weighted by Crippen LogP contribution is -2.01. The Labute approximate surface area is 101 Å². The van der Waals surface area contributed by atoms with Crippen molar-refractivity contribution < 1.29 is 23.9 Å². The van der Waals surface area contributed by atoms with E-state index in [-0.39, 0.29) is 36.3 Å². The zero-order chi connectivity index (χ0) is 13.8. The van der Waals surface area contributed by atoms with Gasteiger partial charge in [-0.15, -0.1) is 0 Å². The van der Waals surface area contributed by atoms with E-state index in [1.165, 1.54) is 27.7 Å². The maximum Gasteiger partial charge on any atom is 0.303 e. The van der Waals surface area contributed by atoms with Crippen molar-refractivity contribution in [3.05, 3.63) is 0 Å². The number of esters is 1. The highest BCUT2D eigenvalue weighted by Gasteiger charge is 1.94. The van der Waals surface area contributed by atoms with Crippen LogP contribution in [0.2, 0.25) is 0 Å². The third-order valence-electron chi connectivity index (χ3n) is 1.31. The van der Waals surface area contributed by atoms with E-state index in [4.69, 9.17) is 0 Å². The van der Waals surface area contributed by atoms with Crippen molar-refractivity contribution in [2.75, 3.05) is 6.61 Å². The average molecular weight is 240 g/mol. The minimum absolute atomic E-state index is 0.0142. The van der Waals surface area contributed by atoms with Crippen molar-refractivity contribution in [1.82, 2.24) is 0 Å². The maximum atomic E-state index is 10.3. The van der Waals surface area contributed by atoms with Gasteiger partial charge in [0, 0.05) is 20.8 Å². The predicted molar refractivity (Wildman–Crippen MR) is 61.1 cm³/mol. The van der Waals surface area contributed by atoms with Crippen LogP contribution in [0.4, 0.5) is 0 Å². The van der Waals surface area contributed by atoms with Crippen LogP contribution in [0.25, 0.3) is 0 Å². The molecule has 0 radical (unpaired) electrons. The minimum atomic E-state index is -0.380. The number of hydrogen-bond donors (Lipinski definition) is 0. The molecule has 5 nitrogen and oxygen atoms in total. The number of ketones is 3. The highest BCUT2D eigenvalue weighted by atomic mass is 16.5. The lowest BCUT2D eigenvalue weighted by molar-refractivity contribution is -0.139. The summed E-state index contributed by atoms with van der Waals surface area (Å²) in [4.78, 5) is 40.1. The molecule has 0 amide bonds. The van der Waals surface area contributed by atoms with Crippen LogP contribution in [0.3, 0.4) is 0 Å². The first-order valence-electron chi connectivity index (χ1n) is 4.87. The molecule has 0 aromatic heterocycles. The Kier molecular flexibility index (Phi) is 10.8. The molecule has 94 valence electrons. The first-order valence-corrected chi connectivity index (χ1v) is 4.87. The summed E-state index contributed by atoms with van der Waals surface area (Å²) in [6, 6.07) is 0. The van der Waals surface area contributed by atoms with Crippen molar-refractivity contribution in [2.45, 2.75) is 34.1 Å². The summed E-state index contributed by atoms with van der Waals surface area (Å²) in [5.74, 6) is 3.99. The van der Waals surface area contributed by atoms with Crippen molar-refractivity contribution in [3.8, 4) is 11.8 Å². The smallest absolute Gasteiger partial charge is 0.303 e. The lowest BCUT2D eigenvalue weighted by atomic mass is 10.3. The summed E-state index contributed by atoms with van der Waals surface area (Å²) in [7, 11) is 0. The van der Waals surface area contributed by atoms with E-state index in [0.717, 1.165) is 0 Å². The molecule has 5 heteroatoms. The number of carbonyl (C=O) groups excluding carboxylic acids is 4. The van der Waals surface area contributed by atoms with Crippen molar-refractivity contribution in [1.29, 1.82) is 0 Å². The van der Waals surface area contributed by atoms with Gasteiger partial charge in [0.1, 0.15) is 5.78 Å².